The summed E-state index contributed by atoms with van der Waals surface area (Å²) < 4.78 is 32.4. The van der Waals surface area contributed by atoms with Crippen LogP contribution >= 0.6 is 0 Å². The molecule has 2 saturated heterocycles. The van der Waals surface area contributed by atoms with Crippen molar-refractivity contribution in [3.63, 3.8) is 0 Å². The molecule has 2 heterocycles. The van der Waals surface area contributed by atoms with Crippen LogP contribution in [0.15, 0.2) is 48.5 Å². The van der Waals surface area contributed by atoms with E-state index in [9.17, 15) is 18.0 Å². The zero-order chi connectivity index (χ0) is 24.1. The molecule has 0 unspecified atom stereocenters. The van der Waals surface area contributed by atoms with Crippen molar-refractivity contribution in [2.24, 2.45) is 5.92 Å². The van der Waals surface area contributed by atoms with E-state index in [0.29, 0.717) is 38.4 Å². The van der Waals surface area contributed by atoms with E-state index in [1.807, 2.05) is 43.3 Å². The summed E-state index contributed by atoms with van der Waals surface area (Å²) in [4.78, 5) is 27.3. The number of hydrogen-bond donors (Lipinski definition) is 1. The molecule has 8 nitrogen and oxygen atoms in total. The van der Waals surface area contributed by atoms with Crippen molar-refractivity contribution in [1.82, 2.24) is 9.62 Å². The first-order chi connectivity index (χ1) is 16.4. The molecule has 0 spiro atoms. The van der Waals surface area contributed by atoms with Gasteiger partial charge in [0, 0.05) is 38.3 Å². The molecule has 0 saturated carbocycles. The Bertz CT molecular complexity index is 1140. The van der Waals surface area contributed by atoms with Crippen molar-refractivity contribution in [2.75, 3.05) is 37.7 Å². The zero-order valence-corrected chi connectivity index (χ0v) is 20.2. The summed E-state index contributed by atoms with van der Waals surface area (Å²) in [7, 11) is -3.48. The number of anilines is 1. The van der Waals surface area contributed by atoms with Crippen LogP contribution in [0.4, 0.5) is 5.69 Å². The zero-order valence-electron chi connectivity index (χ0n) is 19.4. The van der Waals surface area contributed by atoms with Crippen LogP contribution in [0.1, 0.15) is 30.0 Å². The molecule has 34 heavy (non-hydrogen) atoms. The summed E-state index contributed by atoms with van der Waals surface area (Å²) in [5.41, 5.74) is 3.36. The van der Waals surface area contributed by atoms with Crippen LogP contribution in [-0.2, 0) is 43.1 Å². The van der Waals surface area contributed by atoms with Gasteiger partial charge in [-0.05, 0) is 29.2 Å². The molecule has 2 aliphatic heterocycles. The van der Waals surface area contributed by atoms with Crippen molar-refractivity contribution >= 4 is 27.5 Å². The van der Waals surface area contributed by atoms with E-state index in [1.165, 1.54) is 4.31 Å². The van der Waals surface area contributed by atoms with Gasteiger partial charge < -0.3 is 15.0 Å². The number of ether oxygens (including phenoxy) is 1. The normalized spacial score (nSPS) is 19.4. The highest BCUT2D eigenvalue weighted by molar-refractivity contribution is 7.88. The summed E-state index contributed by atoms with van der Waals surface area (Å²) in [6.07, 6.45) is 0.970. The van der Waals surface area contributed by atoms with Gasteiger partial charge in [0.1, 0.15) is 0 Å². The number of nitrogens with one attached hydrogen (secondary N) is 1. The van der Waals surface area contributed by atoms with Crippen LogP contribution in [-0.4, -0.2) is 57.4 Å². The maximum atomic E-state index is 12.9. The van der Waals surface area contributed by atoms with Crippen molar-refractivity contribution in [1.29, 1.82) is 0 Å². The van der Waals surface area contributed by atoms with Gasteiger partial charge in [-0.15, -0.1) is 0 Å². The number of carbonyl (C=O) groups is 2. The number of aryl methyl sites for hydroxylation is 1. The van der Waals surface area contributed by atoms with Crippen LogP contribution in [0.2, 0.25) is 0 Å². The third kappa shape index (κ3) is 5.48. The molecule has 1 atom stereocenters. The van der Waals surface area contributed by atoms with Gasteiger partial charge in [0.2, 0.25) is 21.8 Å². The Hall–Kier alpha value is -2.75. The lowest BCUT2D eigenvalue weighted by Gasteiger charge is -2.26. The van der Waals surface area contributed by atoms with Crippen LogP contribution in [0.5, 0.6) is 0 Å². The quantitative estimate of drug-likeness (QED) is 0.618. The summed E-state index contributed by atoms with van der Waals surface area (Å²) in [5, 5.41) is 2.92. The molecule has 0 bridgehead atoms. The number of carbonyl (C=O) groups excluding carboxylic acids is 2. The van der Waals surface area contributed by atoms with E-state index < -0.39 is 15.9 Å². The fraction of sp³-hybridized carbons (Fsp3) is 0.440. The Morgan fingerprint density at radius 3 is 2.38 bits per heavy atom. The average molecular weight is 486 g/mol. The fourth-order valence-electron chi connectivity index (χ4n) is 4.50. The molecule has 2 aliphatic rings. The van der Waals surface area contributed by atoms with E-state index in [4.69, 9.17) is 4.74 Å². The molecule has 182 valence electrons. The number of nitrogens with zero attached hydrogens (tertiary/aromatic N) is 2. The van der Waals surface area contributed by atoms with E-state index in [2.05, 4.69) is 5.32 Å². The average Bonchev–Trinajstić information content (AvgIpc) is 3.25. The Labute approximate surface area is 200 Å². The van der Waals surface area contributed by atoms with Gasteiger partial charge in [-0.25, -0.2) is 8.42 Å². The Balaban J connectivity index is 1.39. The van der Waals surface area contributed by atoms with Crippen LogP contribution < -0.4 is 10.2 Å². The molecule has 0 radical (unpaired) electrons. The molecular formula is C25H31N3O5S. The molecular weight excluding hydrogens is 454 g/mol. The maximum absolute atomic E-state index is 12.9. The Morgan fingerprint density at radius 1 is 1.03 bits per heavy atom. The van der Waals surface area contributed by atoms with Crippen molar-refractivity contribution < 1.29 is 22.7 Å². The van der Waals surface area contributed by atoms with Gasteiger partial charge in [-0.2, -0.15) is 4.31 Å². The summed E-state index contributed by atoms with van der Waals surface area (Å²) in [6.45, 7) is 4.11. The maximum Gasteiger partial charge on any atom is 0.227 e. The second-order valence-electron chi connectivity index (χ2n) is 8.64. The highest BCUT2D eigenvalue weighted by Crippen LogP contribution is 2.28. The third-order valence-electron chi connectivity index (χ3n) is 6.43. The second-order valence-corrected chi connectivity index (χ2v) is 10.6. The number of hydrogen-bond acceptors (Lipinski definition) is 5. The minimum absolute atomic E-state index is 0.0574. The highest BCUT2D eigenvalue weighted by Gasteiger charge is 2.35. The summed E-state index contributed by atoms with van der Waals surface area (Å²) in [5.74, 6) is -0.821. The first-order valence-corrected chi connectivity index (χ1v) is 13.3. The largest absolute Gasteiger partial charge is 0.379 e. The number of morpholine rings is 1. The molecule has 2 amide bonds. The van der Waals surface area contributed by atoms with Gasteiger partial charge in [-0.1, -0.05) is 49.4 Å². The fourth-order valence-corrected chi connectivity index (χ4v) is 6.06. The Kier molecular flexibility index (Phi) is 7.65. The van der Waals surface area contributed by atoms with Gasteiger partial charge in [0.25, 0.3) is 0 Å². The standard InChI is InChI=1S/C25H31N3O5S/c1-2-19-7-5-6-10-23(19)28-17-22(15-24(28)29)25(30)26-16-20-8-3-4-9-21(20)18-34(31,32)27-11-13-33-14-12-27/h3-10,22H,2,11-18H2,1H3,(H,26,30)/t22-/m1/s1. The molecule has 2 aromatic carbocycles. The van der Waals surface area contributed by atoms with Crippen molar-refractivity contribution in [3.8, 4) is 0 Å². The molecule has 2 fully saturated rings. The number of rotatable bonds is 8. The lowest BCUT2D eigenvalue weighted by Crippen LogP contribution is -2.41. The van der Waals surface area contributed by atoms with Gasteiger partial charge in [-0.3, -0.25) is 9.59 Å². The van der Waals surface area contributed by atoms with Crippen molar-refractivity contribution in [3.05, 3.63) is 65.2 Å². The molecule has 1 N–H and O–H groups in total. The Morgan fingerprint density at radius 2 is 1.68 bits per heavy atom. The lowest BCUT2D eigenvalue weighted by atomic mass is 10.1. The van der Waals surface area contributed by atoms with Crippen LogP contribution in [0.3, 0.4) is 0 Å². The van der Waals surface area contributed by atoms with Gasteiger partial charge in [0.05, 0.1) is 24.9 Å². The van der Waals surface area contributed by atoms with Crippen molar-refractivity contribution in [2.45, 2.75) is 32.1 Å². The lowest BCUT2D eigenvalue weighted by molar-refractivity contribution is -0.126. The van der Waals surface area contributed by atoms with Gasteiger partial charge in [0.15, 0.2) is 0 Å². The van der Waals surface area contributed by atoms with E-state index in [0.717, 1.165) is 23.2 Å². The topological polar surface area (TPSA) is 96.0 Å². The summed E-state index contributed by atoms with van der Waals surface area (Å²) in [6, 6.07) is 15.0. The molecule has 2 aromatic rings. The van der Waals surface area contributed by atoms with E-state index >= 15 is 0 Å². The number of sulfonamides is 1. The van der Waals surface area contributed by atoms with Crippen LogP contribution in [0.25, 0.3) is 0 Å². The van der Waals surface area contributed by atoms with E-state index in [1.54, 1.807) is 17.0 Å². The van der Waals surface area contributed by atoms with E-state index in [-0.39, 0.29) is 30.5 Å². The summed E-state index contributed by atoms with van der Waals surface area (Å²) >= 11 is 0. The molecule has 0 aliphatic carbocycles. The number of benzene rings is 2. The molecule has 4 rings (SSSR count). The molecule has 0 aromatic heterocycles. The number of para-hydroxylation sites is 1. The van der Waals surface area contributed by atoms with Gasteiger partial charge >= 0.3 is 0 Å². The highest BCUT2D eigenvalue weighted by atomic mass is 32.2. The first kappa shape index (κ1) is 24.4. The predicted molar refractivity (Wildman–Crippen MR) is 130 cm³/mol. The SMILES string of the molecule is CCc1ccccc1N1C[C@H](C(=O)NCc2ccccc2CS(=O)(=O)N2CCOCC2)CC1=O. The minimum atomic E-state index is -3.48. The number of amides is 2. The monoisotopic (exact) mass is 485 g/mol. The third-order valence-corrected chi connectivity index (χ3v) is 8.26. The second kappa shape index (κ2) is 10.7. The van der Waals surface area contributed by atoms with Crippen LogP contribution in [0, 0.1) is 5.92 Å². The first-order valence-electron chi connectivity index (χ1n) is 11.7. The smallest absolute Gasteiger partial charge is 0.227 e. The molecule has 9 heteroatoms. The minimum Gasteiger partial charge on any atom is -0.379 e. The predicted octanol–water partition coefficient (Wildman–Crippen LogP) is 2.08.